The first-order valence-electron chi connectivity index (χ1n) is 7.51. The summed E-state index contributed by atoms with van der Waals surface area (Å²) in [7, 11) is 1.63. The molecule has 1 aromatic heterocycles. The number of thioether (sulfide) groups is 1. The Labute approximate surface area is 148 Å². The molecule has 1 amide bonds. The van der Waals surface area contributed by atoms with Gasteiger partial charge in [0, 0.05) is 20.6 Å². The van der Waals surface area contributed by atoms with Gasteiger partial charge in [-0.1, -0.05) is 23.1 Å². The summed E-state index contributed by atoms with van der Waals surface area (Å²) in [6, 6.07) is 5.81. The predicted octanol–water partition coefficient (Wildman–Crippen LogP) is 2.45. The molecule has 0 unspecified atom stereocenters. The highest BCUT2D eigenvalue weighted by Gasteiger charge is 2.10. The molecule has 0 fully saturated rings. The molecule has 1 heterocycles. The molecule has 0 atom stereocenters. The molecule has 0 aliphatic rings. The fourth-order valence-corrected chi connectivity index (χ4v) is 3.59. The van der Waals surface area contributed by atoms with E-state index in [9.17, 15) is 9.59 Å². The second-order valence-corrected chi connectivity index (χ2v) is 7.04. The van der Waals surface area contributed by atoms with E-state index in [-0.39, 0.29) is 16.8 Å². The number of aromatic nitrogens is 1. The number of hydrogen-bond acceptors (Lipinski definition) is 6. The number of rotatable bonds is 7. The number of methoxy groups -OCH3 is 1. The molecule has 2 rings (SSSR count). The Bertz CT molecular complexity index is 795. The van der Waals surface area contributed by atoms with Crippen molar-refractivity contribution in [3.63, 3.8) is 0 Å². The van der Waals surface area contributed by atoms with Gasteiger partial charge in [0.05, 0.1) is 29.2 Å². The Morgan fingerprint density at radius 3 is 2.83 bits per heavy atom. The average molecular weight is 368 g/mol. The van der Waals surface area contributed by atoms with E-state index >= 15 is 0 Å². The van der Waals surface area contributed by atoms with Gasteiger partial charge in [0.2, 0.25) is 0 Å². The monoisotopic (exact) mass is 368 g/mol. The SMILES string of the molecule is CCOc1ccc2c(c1)sc(=NC(=O)CSC(C)=O)n2CCOC. The van der Waals surface area contributed by atoms with Crippen LogP contribution in [0.25, 0.3) is 10.2 Å². The van der Waals surface area contributed by atoms with Gasteiger partial charge >= 0.3 is 0 Å². The second-order valence-electron chi connectivity index (χ2n) is 4.88. The highest BCUT2D eigenvalue weighted by Crippen LogP contribution is 2.23. The molecular weight excluding hydrogens is 348 g/mol. The average Bonchev–Trinajstić information content (AvgIpc) is 2.87. The van der Waals surface area contributed by atoms with E-state index in [0.717, 1.165) is 27.7 Å². The van der Waals surface area contributed by atoms with Crippen molar-refractivity contribution in [1.29, 1.82) is 0 Å². The minimum absolute atomic E-state index is 0.0536. The fraction of sp³-hybridized carbons (Fsp3) is 0.438. The zero-order chi connectivity index (χ0) is 17.5. The molecule has 0 saturated carbocycles. The van der Waals surface area contributed by atoms with Crippen molar-refractivity contribution in [3.05, 3.63) is 23.0 Å². The zero-order valence-electron chi connectivity index (χ0n) is 13.9. The van der Waals surface area contributed by atoms with Crippen molar-refractivity contribution in [2.75, 3.05) is 26.1 Å². The van der Waals surface area contributed by atoms with E-state index in [2.05, 4.69) is 4.99 Å². The first kappa shape index (κ1) is 18.7. The molecule has 0 aliphatic heterocycles. The first-order valence-corrected chi connectivity index (χ1v) is 9.31. The molecule has 1 aromatic carbocycles. The summed E-state index contributed by atoms with van der Waals surface area (Å²) in [5.41, 5.74) is 0.978. The molecule has 0 N–H and O–H groups in total. The topological polar surface area (TPSA) is 69.9 Å². The molecule has 8 heteroatoms. The summed E-state index contributed by atoms with van der Waals surface area (Å²) in [6.45, 7) is 5.08. The van der Waals surface area contributed by atoms with Crippen molar-refractivity contribution in [3.8, 4) is 5.75 Å². The quantitative estimate of drug-likeness (QED) is 0.751. The lowest BCUT2D eigenvalue weighted by atomic mass is 10.3. The number of carbonyl (C=O) groups excluding carboxylic acids is 2. The third-order valence-electron chi connectivity index (χ3n) is 3.10. The van der Waals surface area contributed by atoms with Crippen LogP contribution < -0.4 is 9.54 Å². The molecule has 0 aliphatic carbocycles. The highest BCUT2D eigenvalue weighted by atomic mass is 32.2. The van der Waals surface area contributed by atoms with Crippen molar-refractivity contribution in [2.45, 2.75) is 20.4 Å². The molecule has 2 aromatic rings. The van der Waals surface area contributed by atoms with Gasteiger partial charge in [-0.25, -0.2) is 0 Å². The summed E-state index contributed by atoms with van der Waals surface area (Å²) in [4.78, 5) is 27.7. The first-order chi connectivity index (χ1) is 11.5. The molecule has 0 bridgehead atoms. The van der Waals surface area contributed by atoms with Crippen molar-refractivity contribution in [1.82, 2.24) is 4.57 Å². The maximum absolute atomic E-state index is 12.0. The number of thiazole rings is 1. The van der Waals surface area contributed by atoms with E-state index in [1.807, 2.05) is 29.7 Å². The normalized spacial score (nSPS) is 11.9. The van der Waals surface area contributed by atoms with Gasteiger partial charge < -0.3 is 14.0 Å². The molecule has 0 spiro atoms. The van der Waals surface area contributed by atoms with Gasteiger partial charge in [0.1, 0.15) is 5.75 Å². The summed E-state index contributed by atoms with van der Waals surface area (Å²) >= 11 is 2.39. The molecule has 0 saturated heterocycles. The molecule has 0 radical (unpaired) electrons. The third-order valence-corrected chi connectivity index (χ3v) is 4.94. The molecule has 130 valence electrons. The van der Waals surface area contributed by atoms with Crippen LogP contribution in [0.15, 0.2) is 23.2 Å². The van der Waals surface area contributed by atoms with Crippen LogP contribution in [0.1, 0.15) is 13.8 Å². The number of hydrogen-bond donors (Lipinski definition) is 0. The van der Waals surface area contributed by atoms with Crippen LogP contribution in [0.3, 0.4) is 0 Å². The Morgan fingerprint density at radius 1 is 1.38 bits per heavy atom. The summed E-state index contributed by atoms with van der Waals surface area (Å²) in [6.07, 6.45) is 0. The van der Waals surface area contributed by atoms with Crippen LogP contribution >= 0.6 is 23.1 Å². The zero-order valence-corrected chi connectivity index (χ0v) is 15.5. The lowest BCUT2D eigenvalue weighted by molar-refractivity contribution is -0.116. The lowest BCUT2D eigenvalue weighted by Gasteiger charge is -2.05. The molecular formula is C16H20N2O4S2. The van der Waals surface area contributed by atoms with Gasteiger partial charge in [0.25, 0.3) is 5.91 Å². The number of fused-ring (bicyclic) bond motifs is 1. The lowest BCUT2D eigenvalue weighted by Crippen LogP contribution is -2.19. The van der Waals surface area contributed by atoms with Crippen LogP contribution in [0.4, 0.5) is 0 Å². The van der Waals surface area contributed by atoms with Crippen LogP contribution in [-0.2, 0) is 20.9 Å². The second kappa shape index (κ2) is 9.00. The minimum Gasteiger partial charge on any atom is -0.494 e. The maximum Gasteiger partial charge on any atom is 0.258 e. The number of benzene rings is 1. The van der Waals surface area contributed by atoms with Gasteiger partial charge in [-0.15, -0.1) is 0 Å². The highest BCUT2D eigenvalue weighted by molar-refractivity contribution is 8.14. The van der Waals surface area contributed by atoms with E-state index in [1.165, 1.54) is 18.3 Å². The van der Waals surface area contributed by atoms with Crippen LogP contribution in [0, 0.1) is 0 Å². The summed E-state index contributed by atoms with van der Waals surface area (Å²) in [5.74, 6) is 0.519. The van der Waals surface area contributed by atoms with Crippen molar-refractivity contribution >= 4 is 44.3 Å². The number of ether oxygens (including phenoxy) is 2. The van der Waals surface area contributed by atoms with Crippen LogP contribution in [-0.4, -0.2) is 41.7 Å². The molecule has 24 heavy (non-hydrogen) atoms. The van der Waals surface area contributed by atoms with Crippen molar-refractivity contribution in [2.24, 2.45) is 4.99 Å². The number of nitrogens with zero attached hydrogens (tertiary/aromatic N) is 2. The maximum atomic E-state index is 12.0. The number of amides is 1. The van der Waals surface area contributed by atoms with E-state index in [0.29, 0.717) is 24.6 Å². The van der Waals surface area contributed by atoms with E-state index in [1.54, 1.807) is 7.11 Å². The van der Waals surface area contributed by atoms with E-state index in [4.69, 9.17) is 9.47 Å². The largest absolute Gasteiger partial charge is 0.494 e. The fourth-order valence-electron chi connectivity index (χ4n) is 2.10. The Morgan fingerprint density at radius 2 is 2.17 bits per heavy atom. The Kier molecular flexibility index (Phi) is 7.01. The van der Waals surface area contributed by atoms with Gasteiger partial charge in [-0.05, 0) is 25.1 Å². The van der Waals surface area contributed by atoms with Gasteiger partial charge in [-0.3, -0.25) is 9.59 Å². The Balaban J connectivity index is 2.41. The van der Waals surface area contributed by atoms with Crippen LogP contribution in [0.5, 0.6) is 5.75 Å². The molecule has 6 nitrogen and oxygen atoms in total. The van der Waals surface area contributed by atoms with Crippen LogP contribution in [0.2, 0.25) is 0 Å². The predicted molar refractivity (Wildman–Crippen MR) is 96.6 cm³/mol. The van der Waals surface area contributed by atoms with Crippen molar-refractivity contribution < 1.29 is 19.1 Å². The van der Waals surface area contributed by atoms with E-state index < -0.39 is 0 Å². The van der Waals surface area contributed by atoms with Gasteiger partial charge in [-0.2, -0.15) is 4.99 Å². The van der Waals surface area contributed by atoms with Gasteiger partial charge in [0.15, 0.2) is 9.92 Å². The summed E-state index contributed by atoms with van der Waals surface area (Å²) < 4.78 is 13.6. The standard InChI is InChI=1S/C16H20N2O4S2/c1-4-22-12-5-6-13-14(9-12)24-16(18(13)7-8-21-3)17-15(20)10-23-11(2)19/h5-6,9H,4,7-8,10H2,1-3H3. The third kappa shape index (κ3) is 4.93. The summed E-state index contributed by atoms with van der Waals surface area (Å²) in [5, 5.41) is -0.0940. The minimum atomic E-state index is -0.321. The number of carbonyl (C=O) groups is 2. The smallest absolute Gasteiger partial charge is 0.258 e. The Hall–Kier alpha value is -1.64.